The predicted octanol–water partition coefficient (Wildman–Crippen LogP) is 4.28. The molecule has 162 valence electrons. The van der Waals surface area contributed by atoms with E-state index in [0.29, 0.717) is 24.9 Å². The molecule has 5 atom stereocenters. The molecule has 2 saturated carbocycles. The van der Waals surface area contributed by atoms with Crippen molar-refractivity contribution >= 4 is 17.5 Å². The van der Waals surface area contributed by atoms with E-state index < -0.39 is 5.97 Å². The van der Waals surface area contributed by atoms with Gasteiger partial charge in [0.2, 0.25) is 0 Å². The molecule has 1 N–H and O–H groups in total. The first-order valence-corrected chi connectivity index (χ1v) is 11.2. The minimum absolute atomic E-state index is 0.00740. The van der Waals surface area contributed by atoms with E-state index in [1.54, 1.807) is 6.08 Å². The average Bonchev–Trinajstić information content (AvgIpc) is 3.05. The Morgan fingerprint density at radius 3 is 2.80 bits per heavy atom. The number of ketones is 2. The van der Waals surface area contributed by atoms with Crippen LogP contribution in [0.25, 0.3) is 0 Å². The predicted molar refractivity (Wildman–Crippen MR) is 113 cm³/mol. The van der Waals surface area contributed by atoms with Gasteiger partial charge in [0.1, 0.15) is 6.61 Å². The molecule has 4 aliphatic carbocycles. The number of rotatable bonds is 7. The number of ether oxygens (including phenoxy) is 1. The number of hydrogen-bond donors (Lipinski definition) is 1. The van der Waals surface area contributed by atoms with Crippen LogP contribution in [0.3, 0.4) is 0 Å². The van der Waals surface area contributed by atoms with E-state index in [4.69, 9.17) is 9.84 Å². The average molecular weight is 413 g/mol. The number of Topliss-reactive ketones (excluding diaryl/α,β-unsaturated/α-hetero) is 1. The summed E-state index contributed by atoms with van der Waals surface area (Å²) in [6.45, 7) is 4.92. The van der Waals surface area contributed by atoms with Gasteiger partial charge in [0.05, 0.1) is 0 Å². The van der Waals surface area contributed by atoms with E-state index in [0.717, 1.165) is 32.1 Å². The Labute approximate surface area is 178 Å². The van der Waals surface area contributed by atoms with Gasteiger partial charge < -0.3 is 9.84 Å². The molecule has 0 aromatic carbocycles. The monoisotopic (exact) mass is 412 g/mol. The fourth-order valence-corrected chi connectivity index (χ4v) is 6.65. The Bertz CT molecular complexity index is 850. The first kappa shape index (κ1) is 21.2. The Kier molecular flexibility index (Phi) is 5.60. The number of fused-ring (bicyclic) bond motifs is 5. The smallest absolute Gasteiger partial charge is 0.303 e. The van der Waals surface area contributed by atoms with Gasteiger partial charge in [0.25, 0.3) is 0 Å². The summed E-state index contributed by atoms with van der Waals surface area (Å²) >= 11 is 0. The van der Waals surface area contributed by atoms with Gasteiger partial charge >= 0.3 is 5.97 Å². The van der Waals surface area contributed by atoms with E-state index in [9.17, 15) is 14.4 Å². The van der Waals surface area contributed by atoms with Gasteiger partial charge in [-0.25, -0.2) is 0 Å². The van der Waals surface area contributed by atoms with Gasteiger partial charge in [-0.15, -0.1) is 0 Å². The van der Waals surface area contributed by atoms with Crippen molar-refractivity contribution < 1.29 is 24.2 Å². The highest BCUT2D eigenvalue weighted by Gasteiger charge is 2.56. The van der Waals surface area contributed by atoms with Crippen LogP contribution in [-0.2, 0) is 19.1 Å². The lowest BCUT2D eigenvalue weighted by Crippen LogP contribution is -2.45. The molecular weight excluding hydrogens is 380 g/mol. The highest BCUT2D eigenvalue weighted by Crippen LogP contribution is 2.63. The van der Waals surface area contributed by atoms with Crippen LogP contribution in [0.5, 0.6) is 0 Å². The van der Waals surface area contributed by atoms with Crippen molar-refractivity contribution in [1.82, 2.24) is 0 Å². The minimum Gasteiger partial charge on any atom is -0.481 e. The largest absolute Gasteiger partial charge is 0.481 e. The van der Waals surface area contributed by atoms with Crippen molar-refractivity contribution in [3.8, 4) is 0 Å². The SMILES string of the molecule is CC12C=CC(=O)C=C1CCC1C2=CCC2(C)C(C(=O)COCCCC(=O)O)CCC12. The quantitative estimate of drug-likeness (QED) is 0.499. The van der Waals surface area contributed by atoms with Crippen molar-refractivity contribution in [1.29, 1.82) is 0 Å². The van der Waals surface area contributed by atoms with Gasteiger partial charge in [-0.3, -0.25) is 14.4 Å². The van der Waals surface area contributed by atoms with Crippen molar-refractivity contribution in [2.24, 2.45) is 28.6 Å². The van der Waals surface area contributed by atoms with Gasteiger partial charge in [0, 0.05) is 24.4 Å². The normalized spacial score (nSPS) is 37.0. The number of carboxylic acids is 1. The molecule has 0 aromatic rings. The number of carbonyl (C=O) groups excluding carboxylic acids is 2. The molecule has 0 spiro atoms. The molecule has 2 fully saturated rings. The molecule has 0 saturated heterocycles. The maximum absolute atomic E-state index is 13.0. The number of allylic oxidation sites excluding steroid dienone is 6. The van der Waals surface area contributed by atoms with E-state index in [1.807, 2.05) is 6.08 Å². The Balaban J connectivity index is 1.47. The third-order valence-electron chi connectivity index (χ3n) is 8.26. The lowest BCUT2D eigenvalue weighted by molar-refractivity contribution is -0.137. The number of carbonyl (C=O) groups is 3. The van der Waals surface area contributed by atoms with Gasteiger partial charge in [-0.1, -0.05) is 30.2 Å². The second kappa shape index (κ2) is 7.92. The third kappa shape index (κ3) is 3.51. The van der Waals surface area contributed by atoms with Crippen LogP contribution in [0.2, 0.25) is 0 Å². The van der Waals surface area contributed by atoms with Gasteiger partial charge in [0.15, 0.2) is 11.6 Å². The number of hydrogen-bond acceptors (Lipinski definition) is 4. The standard InChI is InChI=1S/C25H32O5/c1-24-11-9-17(26)14-16(24)5-6-18-19-7-8-21(25(19,2)12-10-20(18)24)22(27)15-30-13-3-4-23(28)29/h9-11,14,18-19,21H,3-8,12-13,15H2,1-2H3,(H,28,29). The van der Waals surface area contributed by atoms with Gasteiger partial charge in [-0.2, -0.15) is 0 Å². The number of aliphatic carboxylic acids is 1. The zero-order valence-corrected chi connectivity index (χ0v) is 18.0. The fourth-order valence-electron chi connectivity index (χ4n) is 6.65. The summed E-state index contributed by atoms with van der Waals surface area (Å²) < 4.78 is 5.51. The van der Waals surface area contributed by atoms with Crippen molar-refractivity contribution in [3.05, 3.63) is 35.5 Å². The molecule has 0 amide bonds. The molecule has 0 radical (unpaired) electrons. The first-order chi connectivity index (χ1) is 14.3. The van der Waals surface area contributed by atoms with Gasteiger partial charge in [-0.05, 0) is 74.9 Å². The molecule has 5 nitrogen and oxygen atoms in total. The summed E-state index contributed by atoms with van der Waals surface area (Å²) in [4.78, 5) is 35.4. The highest BCUT2D eigenvalue weighted by atomic mass is 16.5. The van der Waals surface area contributed by atoms with Crippen LogP contribution in [0, 0.1) is 28.6 Å². The van der Waals surface area contributed by atoms with Crippen LogP contribution >= 0.6 is 0 Å². The third-order valence-corrected chi connectivity index (χ3v) is 8.26. The van der Waals surface area contributed by atoms with Crippen LogP contribution in [-0.4, -0.2) is 35.9 Å². The summed E-state index contributed by atoms with van der Waals surface area (Å²) in [6, 6.07) is 0. The molecule has 30 heavy (non-hydrogen) atoms. The molecule has 0 aliphatic heterocycles. The van der Waals surface area contributed by atoms with Crippen LogP contribution in [0.4, 0.5) is 0 Å². The van der Waals surface area contributed by atoms with Crippen molar-refractivity contribution in [2.75, 3.05) is 13.2 Å². The highest BCUT2D eigenvalue weighted by molar-refractivity contribution is 6.01. The lowest BCUT2D eigenvalue weighted by atomic mass is 9.52. The summed E-state index contributed by atoms with van der Waals surface area (Å²) in [5, 5.41) is 8.70. The number of carboxylic acid groups (broad SMARTS) is 1. The van der Waals surface area contributed by atoms with E-state index in [-0.39, 0.29) is 41.3 Å². The maximum atomic E-state index is 13.0. The zero-order chi connectivity index (χ0) is 21.5. The Morgan fingerprint density at radius 2 is 2.03 bits per heavy atom. The molecule has 5 unspecified atom stereocenters. The summed E-state index contributed by atoms with van der Waals surface area (Å²) in [7, 11) is 0. The summed E-state index contributed by atoms with van der Waals surface area (Å²) in [5.74, 6) is 0.390. The molecule has 5 heteroatoms. The summed E-state index contributed by atoms with van der Waals surface area (Å²) in [5.41, 5.74) is 2.50. The molecule has 0 bridgehead atoms. The van der Waals surface area contributed by atoms with Crippen LogP contribution in [0.15, 0.2) is 35.5 Å². The maximum Gasteiger partial charge on any atom is 0.303 e. The topological polar surface area (TPSA) is 80.7 Å². The van der Waals surface area contributed by atoms with Crippen molar-refractivity contribution in [2.45, 2.75) is 58.8 Å². The first-order valence-electron chi connectivity index (χ1n) is 11.2. The second-order valence-corrected chi connectivity index (χ2v) is 9.87. The Hall–Kier alpha value is -2.01. The van der Waals surface area contributed by atoms with E-state index in [1.165, 1.54) is 11.1 Å². The second-order valence-electron chi connectivity index (χ2n) is 9.87. The van der Waals surface area contributed by atoms with Crippen LogP contribution in [0.1, 0.15) is 58.8 Å². The fraction of sp³-hybridized carbons (Fsp3) is 0.640. The molecular formula is C25H32O5. The van der Waals surface area contributed by atoms with E-state index >= 15 is 0 Å². The van der Waals surface area contributed by atoms with E-state index in [2.05, 4.69) is 26.0 Å². The summed E-state index contributed by atoms with van der Waals surface area (Å²) in [6.07, 6.45) is 13.4. The Morgan fingerprint density at radius 1 is 1.23 bits per heavy atom. The lowest BCUT2D eigenvalue weighted by Gasteiger charge is -2.52. The van der Waals surface area contributed by atoms with Crippen LogP contribution < -0.4 is 0 Å². The zero-order valence-electron chi connectivity index (χ0n) is 18.0. The molecule has 4 rings (SSSR count). The molecule has 0 aromatic heterocycles. The van der Waals surface area contributed by atoms with Crippen molar-refractivity contribution in [3.63, 3.8) is 0 Å². The molecule has 0 heterocycles. The molecule has 4 aliphatic rings. The minimum atomic E-state index is -0.836.